The highest BCUT2D eigenvalue weighted by atomic mass is 32.2. The van der Waals surface area contributed by atoms with Crippen molar-refractivity contribution in [3.63, 3.8) is 0 Å². The number of rotatable bonds is 4. The van der Waals surface area contributed by atoms with Crippen molar-refractivity contribution in [1.29, 1.82) is 0 Å². The molecule has 0 saturated carbocycles. The van der Waals surface area contributed by atoms with Gasteiger partial charge >= 0.3 is 0 Å². The average Bonchev–Trinajstić information content (AvgIpc) is 2.91. The molecule has 1 heterocycles. The van der Waals surface area contributed by atoms with Crippen molar-refractivity contribution in [1.82, 2.24) is 4.90 Å². The second-order valence-electron chi connectivity index (χ2n) is 5.05. The third-order valence-corrected chi connectivity index (χ3v) is 4.92. The van der Waals surface area contributed by atoms with Crippen LogP contribution in [0.25, 0.3) is 0 Å². The van der Waals surface area contributed by atoms with Crippen molar-refractivity contribution in [2.45, 2.75) is 11.9 Å². The average molecular weight is 317 g/mol. The van der Waals surface area contributed by atoms with E-state index >= 15 is 0 Å². The first-order valence-corrected chi connectivity index (χ1v) is 8.02. The van der Waals surface area contributed by atoms with Gasteiger partial charge in [-0.25, -0.2) is 4.39 Å². The fourth-order valence-electron chi connectivity index (χ4n) is 2.48. The molecule has 0 radical (unpaired) electrons. The topological polar surface area (TPSA) is 29.5 Å². The molecule has 0 spiro atoms. The van der Waals surface area contributed by atoms with Crippen molar-refractivity contribution in [2.75, 3.05) is 12.9 Å². The van der Waals surface area contributed by atoms with Gasteiger partial charge in [-0.05, 0) is 23.8 Å². The standard InChI is InChI=1S/C17H16FNO2S/c1-21-14-8-6-12(7-9-14)17-19(16(20)11-22-17)10-13-4-2-3-5-15(13)18/h2-9,17H,10-11H2,1H3. The van der Waals surface area contributed by atoms with Crippen LogP contribution >= 0.6 is 11.8 Å². The van der Waals surface area contributed by atoms with Crippen molar-refractivity contribution in [3.05, 3.63) is 65.5 Å². The number of carbonyl (C=O) groups excluding carboxylic acids is 1. The predicted molar refractivity (Wildman–Crippen MR) is 85.1 cm³/mol. The molecule has 0 aromatic heterocycles. The maximum atomic E-state index is 13.8. The van der Waals surface area contributed by atoms with Gasteiger partial charge in [0.25, 0.3) is 0 Å². The Morgan fingerprint density at radius 1 is 1.23 bits per heavy atom. The molecule has 2 aromatic carbocycles. The van der Waals surface area contributed by atoms with Crippen LogP contribution in [0.2, 0.25) is 0 Å². The smallest absolute Gasteiger partial charge is 0.234 e. The molecular weight excluding hydrogens is 301 g/mol. The molecule has 22 heavy (non-hydrogen) atoms. The summed E-state index contributed by atoms with van der Waals surface area (Å²) in [6.45, 7) is 0.287. The Hall–Kier alpha value is -2.01. The van der Waals surface area contributed by atoms with Gasteiger partial charge in [-0.15, -0.1) is 11.8 Å². The van der Waals surface area contributed by atoms with Crippen LogP contribution in [0.1, 0.15) is 16.5 Å². The summed E-state index contributed by atoms with van der Waals surface area (Å²) in [6, 6.07) is 14.2. The lowest BCUT2D eigenvalue weighted by molar-refractivity contribution is -0.128. The summed E-state index contributed by atoms with van der Waals surface area (Å²) in [4.78, 5) is 13.9. The maximum absolute atomic E-state index is 13.8. The van der Waals surface area contributed by atoms with Crippen LogP contribution in [0.4, 0.5) is 4.39 Å². The number of benzene rings is 2. The normalized spacial score (nSPS) is 17.8. The summed E-state index contributed by atoms with van der Waals surface area (Å²) < 4.78 is 19.0. The molecule has 1 unspecified atom stereocenters. The summed E-state index contributed by atoms with van der Waals surface area (Å²) >= 11 is 1.56. The van der Waals surface area contributed by atoms with E-state index in [1.54, 1.807) is 42.0 Å². The third kappa shape index (κ3) is 2.95. The second kappa shape index (κ2) is 6.40. The van der Waals surface area contributed by atoms with E-state index in [-0.39, 0.29) is 23.6 Å². The van der Waals surface area contributed by atoms with Gasteiger partial charge in [-0.2, -0.15) is 0 Å². The van der Waals surface area contributed by atoms with E-state index in [0.717, 1.165) is 11.3 Å². The van der Waals surface area contributed by atoms with Gasteiger partial charge in [0.1, 0.15) is 16.9 Å². The molecule has 5 heteroatoms. The van der Waals surface area contributed by atoms with E-state index in [0.29, 0.717) is 11.3 Å². The lowest BCUT2D eigenvalue weighted by Crippen LogP contribution is -2.28. The predicted octanol–water partition coefficient (Wildman–Crippen LogP) is 3.61. The quantitative estimate of drug-likeness (QED) is 0.863. The number of methoxy groups -OCH3 is 1. The zero-order chi connectivity index (χ0) is 15.5. The molecule has 114 valence electrons. The fourth-order valence-corrected chi connectivity index (χ4v) is 3.67. The highest BCUT2D eigenvalue weighted by molar-refractivity contribution is 8.00. The van der Waals surface area contributed by atoms with E-state index < -0.39 is 0 Å². The molecule has 1 saturated heterocycles. The Balaban J connectivity index is 1.84. The highest BCUT2D eigenvalue weighted by Gasteiger charge is 2.33. The van der Waals surface area contributed by atoms with Crippen molar-refractivity contribution < 1.29 is 13.9 Å². The first-order valence-electron chi connectivity index (χ1n) is 6.97. The maximum Gasteiger partial charge on any atom is 0.234 e. The van der Waals surface area contributed by atoms with E-state index in [1.807, 2.05) is 24.3 Å². The molecule has 2 aromatic rings. The van der Waals surface area contributed by atoms with Gasteiger partial charge in [0.15, 0.2) is 0 Å². The molecule has 1 amide bonds. The number of amides is 1. The molecule has 3 rings (SSSR count). The van der Waals surface area contributed by atoms with Gasteiger partial charge in [0, 0.05) is 12.1 Å². The molecule has 0 N–H and O–H groups in total. The second-order valence-corrected chi connectivity index (χ2v) is 6.12. The van der Waals surface area contributed by atoms with Crippen LogP contribution in [-0.4, -0.2) is 23.7 Å². The minimum Gasteiger partial charge on any atom is -0.497 e. The molecule has 0 aliphatic carbocycles. The van der Waals surface area contributed by atoms with Crippen LogP contribution < -0.4 is 4.74 Å². The number of thioether (sulfide) groups is 1. The molecule has 1 aliphatic heterocycles. The Labute approximate surface area is 133 Å². The molecular formula is C17H16FNO2S. The summed E-state index contributed by atoms with van der Waals surface area (Å²) in [7, 11) is 1.62. The number of hydrogen-bond acceptors (Lipinski definition) is 3. The zero-order valence-electron chi connectivity index (χ0n) is 12.2. The number of hydrogen-bond donors (Lipinski definition) is 0. The largest absolute Gasteiger partial charge is 0.497 e. The minimum absolute atomic E-state index is 0.0362. The minimum atomic E-state index is -0.277. The van der Waals surface area contributed by atoms with E-state index in [9.17, 15) is 9.18 Å². The lowest BCUT2D eigenvalue weighted by atomic mass is 10.1. The molecule has 0 bridgehead atoms. The summed E-state index contributed by atoms with van der Waals surface area (Å²) in [5, 5.41) is -0.0852. The van der Waals surface area contributed by atoms with Crippen LogP contribution in [0.5, 0.6) is 5.75 Å². The third-order valence-electron chi connectivity index (χ3n) is 3.67. The van der Waals surface area contributed by atoms with E-state index in [1.165, 1.54) is 6.07 Å². The lowest BCUT2D eigenvalue weighted by Gasteiger charge is -2.24. The first-order chi connectivity index (χ1) is 10.7. The van der Waals surface area contributed by atoms with Crippen molar-refractivity contribution >= 4 is 17.7 Å². The molecule has 1 fully saturated rings. The van der Waals surface area contributed by atoms with Crippen LogP contribution in [0.3, 0.4) is 0 Å². The fraction of sp³-hybridized carbons (Fsp3) is 0.235. The summed E-state index contributed by atoms with van der Waals surface area (Å²) in [5.41, 5.74) is 1.56. The molecule has 1 aliphatic rings. The first kappa shape index (κ1) is 14.9. The Morgan fingerprint density at radius 2 is 1.95 bits per heavy atom. The number of nitrogens with zero attached hydrogens (tertiary/aromatic N) is 1. The summed E-state index contributed by atoms with van der Waals surface area (Å²) in [5.74, 6) is 0.957. The molecule has 3 nitrogen and oxygen atoms in total. The van der Waals surface area contributed by atoms with Crippen molar-refractivity contribution in [2.24, 2.45) is 0 Å². The van der Waals surface area contributed by atoms with Gasteiger partial charge in [0.2, 0.25) is 5.91 Å². The van der Waals surface area contributed by atoms with Gasteiger partial charge in [-0.1, -0.05) is 30.3 Å². The molecule has 1 atom stereocenters. The van der Waals surface area contributed by atoms with Gasteiger partial charge < -0.3 is 9.64 Å². The number of carbonyl (C=O) groups is 1. The van der Waals surface area contributed by atoms with Gasteiger partial charge in [-0.3, -0.25) is 4.79 Å². The zero-order valence-corrected chi connectivity index (χ0v) is 13.0. The Bertz CT molecular complexity index is 675. The SMILES string of the molecule is COc1ccc(C2SCC(=O)N2Cc2ccccc2F)cc1. The summed E-state index contributed by atoms with van der Waals surface area (Å²) in [6.07, 6.45) is 0. The van der Waals surface area contributed by atoms with Crippen LogP contribution in [0, 0.1) is 5.82 Å². The van der Waals surface area contributed by atoms with E-state index in [4.69, 9.17) is 4.74 Å². The Morgan fingerprint density at radius 3 is 2.64 bits per heavy atom. The Kier molecular flexibility index (Phi) is 4.34. The monoisotopic (exact) mass is 317 g/mol. The number of ether oxygens (including phenoxy) is 1. The van der Waals surface area contributed by atoms with Crippen LogP contribution in [0.15, 0.2) is 48.5 Å². The van der Waals surface area contributed by atoms with E-state index in [2.05, 4.69) is 0 Å². The van der Waals surface area contributed by atoms with Gasteiger partial charge in [0.05, 0.1) is 12.9 Å². The van der Waals surface area contributed by atoms with Crippen molar-refractivity contribution in [3.8, 4) is 5.75 Å². The highest BCUT2D eigenvalue weighted by Crippen LogP contribution is 2.40. The number of halogens is 1. The van der Waals surface area contributed by atoms with Crippen LogP contribution in [-0.2, 0) is 11.3 Å².